The molecule has 1 aromatic rings. The van der Waals surface area contributed by atoms with Crippen molar-refractivity contribution in [3.8, 4) is 5.75 Å². The van der Waals surface area contributed by atoms with E-state index in [1.807, 2.05) is 0 Å². The summed E-state index contributed by atoms with van der Waals surface area (Å²) in [5, 5.41) is 10.4. The number of nitrogens with two attached hydrogens (primary N) is 1. The summed E-state index contributed by atoms with van der Waals surface area (Å²) in [6, 6.07) is 2.22. The van der Waals surface area contributed by atoms with Crippen molar-refractivity contribution in [3.63, 3.8) is 0 Å². The van der Waals surface area contributed by atoms with Gasteiger partial charge in [0.2, 0.25) is 0 Å². The summed E-state index contributed by atoms with van der Waals surface area (Å²) in [4.78, 5) is 0. The Balaban J connectivity index is 2.14. The van der Waals surface area contributed by atoms with E-state index in [-0.39, 0.29) is 5.41 Å². The van der Waals surface area contributed by atoms with E-state index in [9.17, 15) is 5.11 Å². The summed E-state index contributed by atoms with van der Waals surface area (Å²) in [5.41, 5.74) is 9.74. The van der Waals surface area contributed by atoms with E-state index >= 15 is 0 Å². The molecule has 3 heteroatoms. The maximum absolute atomic E-state index is 10.4. The number of hydrogen-bond donors (Lipinski definition) is 2. The van der Waals surface area contributed by atoms with Crippen LogP contribution in [-0.4, -0.2) is 11.7 Å². The van der Waals surface area contributed by atoms with Crippen molar-refractivity contribution in [3.05, 3.63) is 27.2 Å². The van der Waals surface area contributed by atoms with Crippen LogP contribution >= 0.6 is 15.9 Å². The summed E-state index contributed by atoms with van der Waals surface area (Å²) < 4.78 is 0.921. The SMILES string of the molecule is NCC1(c2cc3c(c(Br)c2O)CCCC3)CC1. The maximum atomic E-state index is 10.4. The number of fused-ring (bicyclic) bond motifs is 1. The van der Waals surface area contributed by atoms with Gasteiger partial charge in [-0.05, 0) is 65.6 Å². The minimum Gasteiger partial charge on any atom is -0.506 e. The minimum atomic E-state index is 0.0685. The fourth-order valence-corrected chi connectivity index (χ4v) is 3.65. The maximum Gasteiger partial charge on any atom is 0.133 e. The van der Waals surface area contributed by atoms with Crippen molar-refractivity contribution in [1.82, 2.24) is 0 Å². The largest absolute Gasteiger partial charge is 0.506 e. The second-order valence-electron chi connectivity index (χ2n) is 5.42. The van der Waals surface area contributed by atoms with Crippen LogP contribution in [0.25, 0.3) is 0 Å². The third-order valence-electron chi connectivity index (χ3n) is 4.37. The van der Waals surface area contributed by atoms with Crippen molar-refractivity contribution in [2.75, 3.05) is 6.54 Å². The average molecular weight is 296 g/mol. The molecule has 0 amide bonds. The third kappa shape index (κ3) is 1.71. The van der Waals surface area contributed by atoms with Crippen molar-refractivity contribution >= 4 is 15.9 Å². The lowest BCUT2D eigenvalue weighted by Crippen LogP contribution is -2.21. The predicted molar refractivity (Wildman–Crippen MR) is 72.4 cm³/mol. The smallest absolute Gasteiger partial charge is 0.133 e. The molecule has 0 aliphatic heterocycles. The monoisotopic (exact) mass is 295 g/mol. The van der Waals surface area contributed by atoms with Gasteiger partial charge >= 0.3 is 0 Å². The Morgan fingerprint density at radius 3 is 2.65 bits per heavy atom. The van der Waals surface area contributed by atoms with Crippen LogP contribution < -0.4 is 5.73 Å². The minimum absolute atomic E-state index is 0.0685. The number of aryl methyl sites for hydroxylation is 1. The number of hydrogen-bond acceptors (Lipinski definition) is 2. The van der Waals surface area contributed by atoms with Gasteiger partial charge in [0, 0.05) is 17.5 Å². The fourth-order valence-electron chi connectivity index (χ4n) is 2.98. The highest BCUT2D eigenvalue weighted by Gasteiger charge is 2.45. The molecule has 0 unspecified atom stereocenters. The lowest BCUT2D eigenvalue weighted by molar-refractivity contribution is 0.453. The Labute approximate surface area is 110 Å². The molecular formula is C14H18BrNO. The van der Waals surface area contributed by atoms with E-state index in [1.54, 1.807) is 0 Å². The second kappa shape index (κ2) is 3.99. The van der Waals surface area contributed by atoms with E-state index in [1.165, 1.54) is 24.0 Å². The summed E-state index contributed by atoms with van der Waals surface area (Å²) in [6.07, 6.45) is 6.94. The highest BCUT2D eigenvalue weighted by atomic mass is 79.9. The quantitative estimate of drug-likeness (QED) is 0.881. The first-order valence-corrected chi connectivity index (χ1v) is 7.21. The van der Waals surface area contributed by atoms with E-state index in [0.29, 0.717) is 12.3 Å². The number of halogens is 1. The molecule has 0 atom stereocenters. The van der Waals surface area contributed by atoms with E-state index < -0.39 is 0 Å². The van der Waals surface area contributed by atoms with Gasteiger partial charge < -0.3 is 10.8 Å². The average Bonchev–Trinajstić information content (AvgIpc) is 3.15. The third-order valence-corrected chi connectivity index (χ3v) is 5.23. The van der Waals surface area contributed by atoms with Gasteiger partial charge in [-0.3, -0.25) is 0 Å². The molecule has 92 valence electrons. The lowest BCUT2D eigenvalue weighted by atomic mass is 9.85. The Morgan fingerprint density at radius 2 is 2.00 bits per heavy atom. The second-order valence-corrected chi connectivity index (χ2v) is 6.21. The lowest BCUT2D eigenvalue weighted by Gasteiger charge is -2.23. The molecule has 1 aromatic carbocycles. The summed E-state index contributed by atoms with van der Waals surface area (Å²) in [7, 11) is 0. The first-order valence-electron chi connectivity index (χ1n) is 6.42. The van der Waals surface area contributed by atoms with E-state index in [0.717, 1.165) is 35.7 Å². The molecule has 0 heterocycles. The Morgan fingerprint density at radius 1 is 1.29 bits per heavy atom. The Kier molecular flexibility index (Phi) is 2.71. The summed E-state index contributed by atoms with van der Waals surface area (Å²) >= 11 is 3.58. The van der Waals surface area contributed by atoms with Gasteiger partial charge in [-0.15, -0.1) is 0 Å². The fraction of sp³-hybridized carbons (Fsp3) is 0.571. The molecule has 0 radical (unpaired) electrons. The van der Waals surface area contributed by atoms with Crippen LogP contribution in [0.3, 0.4) is 0 Å². The Hall–Kier alpha value is -0.540. The number of phenols is 1. The van der Waals surface area contributed by atoms with Gasteiger partial charge in [0.15, 0.2) is 0 Å². The number of aromatic hydroxyl groups is 1. The molecule has 0 aromatic heterocycles. The van der Waals surface area contributed by atoms with Crippen LogP contribution in [0.15, 0.2) is 10.5 Å². The molecule has 1 fully saturated rings. The molecule has 0 bridgehead atoms. The number of rotatable bonds is 2. The van der Waals surface area contributed by atoms with Crippen LogP contribution in [0.2, 0.25) is 0 Å². The molecule has 2 aliphatic carbocycles. The number of benzene rings is 1. The van der Waals surface area contributed by atoms with Crippen LogP contribution in [-0.2, 0) is 18.3 Å². The molecule has 3 N–H and O–H groups in total. The van der Waals surface area contributed by atoms with Crippen LogP contribution in [0.1, 0.15) is 42.4 Å². The predicted octanol–water partition coefficient (Wildman–Crippen LogP) is 3.02. The highest BCUT2D eigenvalue weighted by molar-refractivity contribution is 9.10. The first-order chi connectivity index (χ1) is 8.18. The molecule has 0 saturated heterocycles. The van der Waals surface area contributed by atoms with Crippen molar-refractivity contribution in [2.24, 2.45) is 5.73 Å². The normalized spacial score (nSPS) is 21.1. The van der Waals surface area contributed by atoms with Crippen LogP contribution in [0, 0.1) is 0 Å². The van der Waals surface area contributed by atoms with Crippen molar-refractivity contribution in [1.29, 1.82) is 0 Å². The molecule has 3 rings (SSSR count). The topological polar surface area (TPSA) is 46.2 Å². The van der Waals surface area contributed by atoms with Gasteiger partial charge in [-0.25, -0.2) is 0 Å². The molecule has 2 aliphatic rings. The molecule has 17 heavy (non-hydrogen) atoms. The molecule has 2 nitrogen and oxygen atoms in total. The van der Waals surface area contributed by atoms with Gasteiger partial charge in [-0.2, -0.15) is 0 Å². The number of phenolic OH excluding ortho intramolecular Hbond substituents is 1. The molecule has 0 spiro atoms. The summed E-state index contributed by atoms with van der Waals surface area (Å²) in [5.74, 6) is 0.439. The molecule has 1 saturated carbocycles. The zero-order chi connectivity index (χ0) is 12.0. The van der Waals surface area contributed by atoms with Crippen molar-refractivity contribution in [2.45, 2.75) is 43.9 Å². The highest BCUT2D eigenvalue weighted by Crippen LogP contribution is 2.53. The standard InChI is InChI=1S/C14H18BrNO/c15-12-10-4-2-1-3-9(10)7-11(13(12)17)14(8-16)5-6-14/h7,17H,1-6,8,16H2. The van der Waals surface area contributed by atoms with Gasteiger partial charge in [0.25, 0.3) is 0 Å². The Bertz CT molecular complexity index is 466. The van der Waals surface area contributed by atoms with Gasteiger partial charge in [0.1, 0.15) is 5.75 Å². The zero-order valence-corrected chi connectivity index (χ0v) is 11.5. The van der Waals surface area contributed by atoms with Crippen molar-refractivity contribution < 1.29 is 5.11 Å². The van der Waals surface area contributed by atoms with Gasteiger partial charge in [0.05, 0.1) is 4.47 Å². The summed E-state index contributed by atoms with van der Waals surface area (Å²) in [6.45, 7) is 0.645. The van der Waals surface area contributed by atoms with Gasteiger partial charge in [-0.1, -0.05) is 6.07 Å². The van der Waals surface area contributed by atoms with Crippen LogP contribution in [0.4, 0.5) is 0 Å². The zero-order valence-electron chi connectivity index (χ0n) is 9.93. The van der Waals surface area contributed by atoms with Crippen LogP contribution in [0.5, 0.6) is 5.75 Å². The van der Waals surface area contributed by atoms with E-state index in [2.05, 4.69) is 22.0 Å². The molecular weight excluding hydrogens is 278 g/mol. The van der Waals surface area contributed by atoms with E-state index in [4.69, 9.17) is 5.73 Å². The first kappa shape index (κ1) is 11.5.